The molecule has 1 aromatic rings. The van der Waals surface area contributed by atoms with E-state index in [1.165, 1.54) is 0 Å². The lowest BCUT2D eigenvalue weighted by Crippen LogP contribution is -2.29. The number of benzene rings is 1. The van der Waals surface area contributed by atoms with Gasteiger partial charge in [-0.25, -0.2) is 9.59 Å². The highest BCUT2D eigenvalue weighted by molar-refractivity contribution is 6.00. The molecule has 0 bridgehead atoms. The van der Waals surface area contributed by atoms with Gasteiger partial charge in [0.2, 0.25) is 6.10 Å². The van der Waals surface area contributed by atoms with Crippen molar-refractivity contribution in [2.24, 2.45) is 0 Å². The molecule has 1 aliphatic heterocycles. The van der Waals surface area contributed by atoms with E-state index >= 15 is 0 Å². The SMILES string of the molecule is CCCNC(=O)Nc1ccc(C2OC(=O)NC2=O)cc1. The number of carbonyl (C=O) groups is 3. The first-order valence-corrected chi connectivity index (χ1v) is 6.26. The van der Waals surface area contributed by atoms with Crippen LogP contribution in [0, 0.1) is 0 Å². The van der Waals surface area contributed by atoms with Gasteiger partial charge in [0.15, 0.2) is 0 Å². The van der Waals surface area contributed by atoms with E-state index in [2.05, 4.69) is 16.0 Å². The Balaban J connectivity index is 1.98. The number of ether oxygens (including phenoxy) is 1. The van der Waals surface area contributed by atoms with Crippen LogP contribution in [0.3, 0.4) is 0 Å². The second kappa shape index (κ2) is 6.05. The summed E-state index contributed by atoms with van der Waals surface area (Å²) >= 11 is 0. The van der Waals surface area contributed by atoms with Crippen LogP contribution in [0.2, 0.25) is 0 Å². The lowest BCUT2D eigenvalue weighted by atomic mass is 10.1. The highest BCUT2D eigenvalue weighted by atomic mass is 16.6. The molecule has 0 aromatic heterocycles. The van der Waals surface area contributed by atoms with Crippen molar-refractivity contribution in [2.45, 2.75) is 19.4 Å². The van der Waals surface area contributed by atoms with Crippen LogP contribution in [0.5, 0.6) is 0 Å². The average molecular weight is 277 g/mol. The van der Waals surface area contributed by atoms with Crippen LogP contribution in [-0.4, -0.2) is 24.6 Å². The van der Waals surface area contributed by atoms with Gasteiger partial charge in [0.1, 0.15) is 0 Å². The number of imide groups is 1. The van der Waals surface area contributed by atoms with Gasteiger partial charge in [0, 0.05) is 17.8 Å². The number of cyclic esters (lactones) is 1. The van der Waals surface area contributed by atoms with Gasteiger partial charge in [-0.3, -0.25) is 10.1 Å². The lowest BCUT2D eigenvalue weighted by molar-refractivity contribution is -0.123. The fourth-order valence-corrected chi connectivity index (χ4v) is 1.73. The zero-order valence-corrected chi connectivity index (χ0v) is 10.9. The monoisotopic (exact) mass is 277 g/mol. The molecule has 1 heterocycles. The van der Waals surface area contributed by atoms with Crippen molar-refractivity contribution >= 4 is 23.7 Å². The van der Waals surface area contributed by atoms with Crippen molar-refractivity contribution in [1.82, 2.24) is 10.6 Å². The van der Waals surface area contributed by atoms with E-state index in [-0.39, 0.29) is 6.03 Å². The molecule has 0 spiro atoms. The standard InChI is InChI=1S/C13H15N3O4/c1-2-7-14-12(18)15-9-5-3-8(4-6-9)10-11(17)16-13(19)20-10/h3-6,10H,2,7H2,1H3,(H2,14,15,18)(H,16,17,19). The predicted molar refractivity (Wildman–Crippen MR) is 71.1 cm³/mol. The van der Waals surface area contributed by atoms with Crippen LogP contribution in [0.25, 0.3) is 0 Å². The summed E-state index contributed by atoms with van der Waals surface area (Å²) in [5.74, 6) is -0.489. The molecule has 4 amide bonds. The van der Waals surface area contributed by atoms with Gasteiger partial charge in [0.05, 0.1) is 0 Å². The van der Waals surface area contributed by atoms with E-state index in [1.54, 1.807) is 24.3 Å². The molecule has 1 aliphatic rings. The molecule has 7 heteroatoms. The minimum Gasteiger partial charge on any atom is -0.431 e. The Morgan fingerprint density at radius 2 is 2.00 bits per heavy atom. The summed E-state index contributed by atoms with van der Waals surface area (Å²) in [6.07, 6.45) is -0.819. The molecule has 2 rings (SSSR count). The van der Waals surface area contributed by atoms with Crippen molar-refractivity contribution < 1.29 is 19.1 Å². The Bertz CT molecular complexity index is 527. The topological polar surface area (TPSA) is 96.5 Å². The Morgan fingerprint density at radius 1 is 1.30 bits per heavy atom. The molecular formula is C13H15N3O4. The third-order valence-corrected chi connectivity index (χ3v) is 2.70. The molecule has 7 nitrogen and oxygen atoms in total. The van der Waals surface area contributed by atoms with Gasteiger partial charge in [-0.2, -0.15) is 0 Å². The molecular weight excluding hydrogens is 262 g/mol. The van der Waals surface area contributed by atoms with E-state index in [4.69, 9.17) is 4.74 Å². The first-order chi connectivity index (χ1) is 9.60. The van der Waals surface area contributed by atoms with Crippen LogP contribution in [-0.2, 0) is 9.53 Å². The number of anilines is 1. The van der Waals surface area contributed by atoms with Gasteiger partial charge in [-0.15, -0.1) is 0 Å². The number of nitrogens with one attached hydrogen (secondary N) is 3. The number of amides is 4. The van der Waals surface area contributed by atoms with Gasteiger partial charge in [-0.05, 0) is 18.6 Å². The van der Waals surface area contributed by atoms with Crippen LogP contribution in [0.15, 0.2) is 24.3 Å². The van der Waals surface area contributed by atoms with Crippen molar-refractivity contribution in [3.05, 3.63) is 29.8 Å². The Kier molecular flexibility index (Phi) is 4.19. The van der Waals surface area contributed by atoms with Crippen LogP contribution >= 0.6 is 0 Å². The minimum absolute atomic E-state index is 0.287. The maximum Gasteiger partial charge on any atom is 0.415 e. The number of urea groups is 1. The molecule has 0 aliphatic carbocycles. The van der Waals surface area contributed by atoms with Crippen molar-refractivity contribution in [1.29, 1.82) is 0 Å². The Labute approximate surface area is 115 Å². The number of hydrogen-bond donors (Lipinski definition) is 3. The van der Waals surface area contributed by atoms with E-state index in [0.717, 1.165) is 6.42 Å². The van der Waals surface area contributed by atoms with E-state index in [0.29, 0.717) is 17.8 Å². The molecule has 1 aromatic carbocycles. The average Bonchev–Trinajstić information content (AvgIpc) is 2.76. The minimum atomic E-state index is -0.925. The van der Waals surface area contributed by atoms with Gasteiger partial charge in [-0.1, -0.05) is 19.1 Å². The highest BCUT2D eigenvalue weighted by Crippen LogP contribution is 2.23. The molecule has 106 valence electrons. The summed E-state index contributed by atoms with van der Waals surface area (Å²) < 4.78 is 4.83. The smallest absolute Gasteiger partial charge is 0.415 e. The van der Waals surface area contributed by atoms with E-state index in [9.17, 15) is 14.4 Å². The fourth-order valence-electron chi connectivity index (χ4n) is 1.73. The van der Waals surface area contributed by atoms with Crippen molar-refractivity contribution in [3.63, 3.8) is 0 Å². The molecule has 1 fully saturated rings. The summed E-state index contributed by atoms with van der Waals surface area (Å²) in [5.41, 5.74) is 1.14. The Morgan fingerprint density at radius 3 is 2.55 bits per heavy atom. The first kappa shape index (κ1) is 13.9. The predicted octanol–water partition coefficient (Wildman–Crippen LogP) is 1.53. The molecule has 20 heavy (non-hydrogen) atoms. The molecule has 1 saturated heterocycles. The first-order valence-electron chi connectivity index (χ1n) is 6.26. The fraction of sp³-hybridized carbons (Fsp3) is 0.308. The lowest BCUT2D eigenvalue weighted by Gasteiger charge is -2.09. The van der Waals surface area contributed by atoms with Gasteiger partial charge < -0.3 is 15.4 Å². The normalized spacial score (nSPS) is 17.4. The molecule has 1 atom stereocenters. The largest absolute Gasteiger partial charge is 0.431 e. The number of rotatable bonds is 4. The second-order valence-corrected chi connectivity index (χ2v) is 4.28. The van der Waals surface area contributed by atoms with Crippen LogP contribution < -0.4 is 16.0 Å². The second-order valence-electron chi connectivity index (χ2n) is 4.28. The van der Waals surface area contributed by atoms with E-state index in [1.807, 2.05) is 6.92 Å². The molecule has 0 radical (unpaired) electrons. The number of carbonyl (C=O) groups excluding carboxylic acids is 3. The number of alkyl carbamates (subject to hydrolysis) is 1. The van der Waals surface area contributed by atoms with Crippen LogP contribution in [0.4, 0.5) is 15.3 Å². The summed E-state index contributed by atoms with van der Waals surface area (Å²) in [6.45, 7) is 2.56. The van der Waals surface area contributed by atoms with Crippen molar-refractivity contribution in [3.8, 4) is 0 Å². The summed E-state index contributed by atoms with van der Waals surface area (Å²) in [5, 5.41) is 7.39. The third kappa shape index (κ3) is 3.25. The van der Waals surface area contributed by atoms with Gasteiger partial charge in [0.25, 0.3) is 5.91 Å². The van der Waals surface area contributed by atoms with Crippen LogP contribution in [0.1, 0.15) is 25.0 Å². The quantitative estimate of drug-likeness (QED) is 0.777. The van der Waals surface area contributed by atoms with E-state index < -0.39 is 18.1 Å². The third-order valence-electron chi connectivity index (χ3n) is 2.70. The zero-order chi connectivity index (χ0) is 14.5. The maximum atomic E-state index is 11.5. The Hall–Kier alpha value is -2.57. The summed E-state index contributed by atoms with van der Waals surface area (Å²) in [6, 6.07) is 6.24. The number of hydrogen-bond acceptors (Lipinski definition) is 4. The highest BCUT2D eigenvalue weighted by Gasteiger charge is 2.33. The molecule has 0 saturated carbocycles. The van der Waals surface area contributed by atoms with Crippen molar-refractivity contribution in [2.75, 3.05) is 11.9 Å². The maximum absolute atomic E-state index is 11.5. The summed E-state index contributed by atoms with van der Waals surface area (Å²) in [4.78, 5) is 33.8. The summed E-state index contributed by atoms with van der Waals surface area (Å²) in [7, 11) is 0. The molecule has 3 N–H and O–H groups in total. The van der Waals surface area contributed by atoms with Gasteiger partial charge >= 0.3 is 12.1 Å². The molecule has 1 unspecified atom stereocenters. The zero-order valence-electron chi connectivity index (χ0n) is 10.9.